The maximum Gasteiger partial charge on any atom is 0.573 e. The van der Waals surface area contributed by atoms with E-state index in [-0.39, 0.29) is 22.3 Å². The van der Waals surface area contributed by atoms with Crippen molar-refractivity contribution < 1.29 is 26.3 Å². The first kappa shape index (κ1) is 23.1. The number of sulfonamides is 1. The van der Waals surface area contributed by atoms with Crippen LogP contribution in [0.25, 0.3) is 22.3 Å². The Morgan fingerprint density at radius 1 is 1.27 bits per heavy atom. The predicted octanol–water partition coefficient (Wildman–Crippen LogP) is 4.57. The van der Waals surface area contributed by atoms with Crippen LogP contribution in [0.5, 0.6) is 5.75 Å². The number of hydrogen-bond donors (Lipinski definition) is 1. The normalized spacial score (nSPS) is 14.6. The number of alkyl halides is 3. The van der Waals surface area contributed by atoms with Crippen LogP contribution >= 0.6 is 0 Å². The average Bonchev–Trinajstić information content (AvgIpc) is 3.48. The third-order valence-corrected chi connectivity index (χ3v) is 6.84. The van der Waals surface area contributed by atoms with E-state index in [9.17, 15) is 26.9 Å². The standard InChI is InChI=1S/C22H21F3N4O3S/c1-13(2)28-33(30,31)16-6-8-19(27-11-16)21-18(10-26)17-7-5-15(32-22(23,24)25)9-20(17)29(21)12-14-3-4-14/h5-9,11,13-14,28H,3-4,12H2,1-2H3. The molecule has 1 fully saturated rings. The quantitative estimate of drug-likeness (QED) is 0.537. The van der Waals surface area contributed by atoms with Crippen molar-refractivity contribution in [3.63, 3.8) is 0 Å². The Morgan fingerprint density at radius 2 is 2.00 bits per heavy atom. The Bertz CT molecular complexity index is 1340. The lowest BCUT2D eigenvalue weighted by molar-refractivity contribution is -0.274. The summed E-state index contributed by atoms with van der Waals surface area (Å²) < 4.78 is 71.4. The minimum Gasteiger partial charge on any atom is -0.406 e. The molecule has 3 aromatic rings. The van der Waals surface area contributed by atoms with Crippen LogP contribution in [0.15, 0.2) is 41.4 Å². The zero-order valence-corrected chi connectivity index (χ0v) is 18.7. The number of benzene rings is 1. The molecule has 0 atom stereocenters. The molecule has 0 amide bonds. The lowest BCUT2D eigenvalue weighted by atomic mass is 10.1. The lowest BCUT2D eigenvalue weighted by Gasteiger charge is -2.13. The van der Waals surface area contributed by atoms with Gasteiger partial charge in [0.15, 0.2) is 0 Å². The molecule has 1 aliphatic rings. The topological polar surface area (TPSA) is 97.0 Å². The number of halogens is 3. The number of nitrogens with one attached hydrogen (secondary N) is 1. The summed E-state index contributed by atoms with van der Waals surface area (Å²) in [6.07, 6.45) is -1.68. The Morgan fingerprint density at radius 3 is 2.55 bits per heavy atom. The van der Waals surface area contributed by atoms with Crippen molar-refractivity contribution in [3.8, 4) is 23.2 Å². The van der Waals surface area contributed by atoms with Crippen molar-refractivity contribution in [2.75, 3.05) is 0 Å². The number of rotatable bonds is 7. The first-order chi connectivity index (χ1) is 15.5. The van der Waals surface area contributed by atoms with Gasteiger partial charge < -0.3 is 9.30 Å². The van der Waals surface area contributed by atoms with Crippen LogP contribution in [0, 0.1) is 17.2 Å². The first-order valence-electron chi connectivity index (χ1n) is 10.3. The Labute approximate surface area is 188 Å². The number of ether oxygens (including phenoxy) is 1. The summed E-state index contributed by atoms with van der Waals surface area (Å²) in [7, 11) is -3.75. The van der Waals surface area contributed by atoms with Gasteiger partial charge in [0.05, 0.1) is 22.5 Å². The van der Waals surface area contributed by atoms with Crippen LogP contribution < -0.4 is 9.46 Å². The second-order valence-electron chi connectivity index (χ2n) is 8.27. The second kappa shape index (κ2) is 8.35. The zero-order valence-electron chi connectivity index (χ0n) is 17.8. The van der Waals surface area contributed by atoms with E-state index in [1.807, 2.05) is 0 Å². The summed E-state index contributed by atoms with van der Waals surface area (Å²) >= 11 is 0. The van der Waals surface area contributed by atoms with Crippen LogP contribution in [0.4, 0.5) is 13.2 Å². The van der Waals surface area contributed by atoms with Crippen LogP contribution in [0.1, 0.15) is 32.3 Å². The minimum absolute atomic E-state index is 0.0239. The highest BCUT2D eigenvalue weighted by Crippen LogP contribution is 2.39. The number of pyridine rings is 1. The van der Waals surface area contributed by atoms with E-state index in [4.69, 9.17) is 0 Å². The van der Waals surface area contributed by atoms with Crippen molar-refractivity contribution in [1.82, 2.24) is 14.3 Å². The molecular formula is C22H21F3N4O3S. The molecule has 7 nitrogen and oxygen atoms in total. The number of nitrogens with zero attached hydrogens (tertiary/aromatic N) is 3. The van der Waals surface area contributed by atoms with E-state index in [0.29, 0.717) is 34.8 Å². The van der Waals surface area contributed by atoms with Crippen molar-refractivity contribution in [3.05, 3.63) is 42.1 Å². The average molecular weight is 478 g/mol. The number of aromatic nitrogens is 2. The highest BCUT2D eigenvalue weighted by atomic mass is 32.2. The van der Waals surface area contributed by atoms with E-state index < -0.39 is 16.4 Å². The van der Waals surface area contributed by atoms with Gasteiger partial charge in [-0.25, -0.2) is 13.1 Å². The minimum atomic E-state index is -4.84. The Hall–Kier alpha value is -3.10. The predicted molar refractivity (Wildman–Crippen MR) is 115 cm³/mol. The lowest BCUT2D eigenvalue weighted by Crippen LogP contribution is -2.30. The van der Waals surface area contributed by atoms with Gasteiger partial charge >= 0.3 is 6.36 Å². The molecule has 2 heterocycles. The van der Waals surface area contributed by atoms with Crippen molar-refractivity contribution in [2.45, 2.75) is 50.5 Å². The molecule has 0 aliphatic heterocycles. The smallest absolute Gasteiger partial charge is 0.406 e. The molecule has 0 radical (unpaired) electrons. The van der Waals surface area contributed by atoms with Gasteiger partial charge in [-0.15, -0.1) is 13.2 Å². The summed E-state index contributed by atoms with van der Waals surface area (Å²) in [6.45, 7) is 3.90. The number of hydrogen-bond acceptors (Lipinski definition) is 5. The molecular weight excluding hydrogens is 457 g/mol. The molecule has 1 aromatic carbocycles. The Kier molecular flexibility index (Phi) is 5.84. The summed E-state index contributed by atoms with van der Waals surface area (Å²) in [4.78, 5) is 4.27. The third-order valence-electron chi connectivity index (χ3n) is 5.20. The third kappa shape index (κ3) is 4.96. The highest BCUT2D eigenvalue weighted by molar-refractivity contribution is 7.89. The van der Waals surface area contributed by atoms with E-state index in [1.54, 1.807) is 18.4 Å². The van der Waals surface area contributed by atoms with Gasteiger partial charge in [-0.05, 0) is 56.9 Å². The summed E-state index contributed by atoms with van der Waals surface area (Å²) in [5, 5.41) is 10.3. The number of fused-ring (bicyclic) bond motifs is 1. The molecule has 1 saturated carbocycles. The van der Waals surface area contributed by atoms with Crippen LogP contribution in [-0.4, -0.2) is 30.4 Å². The fraction of sp³-hybridized carbons (Fsp3) is 0.364. The summed E-state index contributed by atoms with van der Waals surface area (Å²) in [5.41, 5.74) is 1.47. The number of nitriles is 1. The Balaban J connectivity index is 1.85. The van der Waals surface area contributed by atoms with Gasteiger partial charge in [0.25, 0.3) is 0 Å². The summed E-state index contributed by atoms with van der Waals surface area (Å²) in [6, 6.07) is 8.59. The van der Waals surface area contributed by atoms with Gasteiger partial charge in [-0.1, -0.05) is 0 Å². The highest BCUT2D eigenvalue weighted by Gasteiger charge is 2.32. The van der Waals surface area contributed by atoms with Gasteiger partial charge in [0.2, 0.25) is 10.0 Å². The van der Waals surface area contributed by atoms with Crippen LogP contribution in [0.2, 0.25) is 0 Å². The fourth-order valence-electron chi connectivity index (χ4n) is 3.71. The van der Waals surface area contributed by atoms with E-state index in [0.717, 1.165) is 12.8 Å². The fourth-order valence-corrected chi connectivity index (χ4v) is 4.91. The molecule has 11 heteroatoms. The van der Waals surface area contributed by atoms with Gasteiger partial charge in [0, 0.05) is 30.2 Å². The van der Waals surface area contributed by atoms with Crippen molar-refractivity contribution >= 4 is 20.9 Å². The molecule has 4 rings (SSSR count). The SMILES string of the molecule is CC(C)NS(=O)(=O)c1ccc(-c2c(C#N)c3ccc(OC(F)(F)F)cc3n2CC2CC2)nc1. The van der Waals surface area contributed by atoms with E-state index >= 15 is 0 Å². The second-order valence-corrected chi connectivity index (χ2v) is 9.99. The van der Waals surface area contributed by atoms with Crippen molar-refractivity contribution in [2.24, 2.45) is 5.92 Å². The molecule has 0 saturated heterocycles. The molecule has 174 valence electrons. The van der Waals surface area contributed by atoms with Crippen LogP contribution in [0.3, 0.4) is 0 Å². The summed E-state index contributed by atoms with van der Waals surface area (Å²) in [5.74, 6) is -0.0391. The monoisotopic (exact) mass is 478 g/mol. The largest absolute Gasteiger partial charge is 0.573 e. The first-order valence-corrected chi connectivity index (χ1v) is 11.8. The molecule has 1 N–H and O–H groups in total. The van der Waals surface area contributed by atoms with Gasteiger partial charge in [-0.3, -0.25) is 4.98 Å². The molecule has 1 aliphatic carbocycles. The van der Waals surface area contributed by atoms with Gasteiger partial charge in [0.1, 0.15) is 16.7 Å². The van der Waals surface area contributed by atoms with Gasteiger partial charge in [-0.2, -0.15) is 5.26 Å². The maximum atomic E-state index is 12.7. The van der Waals surface area contributed by atoms with Crippen molar-refractivity contribution in [1.29, 1.82) is 5.26 Å². The molecule has 2 aromatic heterocycles. The van der Waals surface area contributed by atoms with E-state index in [1.165, 1.54) is 36.5 Å². The molecule has 0 spiro atoms. The molecule has 0 unspecified atom stereocenters. The maximum absolute atomic E-state index is 12.7. The molecule has 33 heavy (non-hydrogen) atoms. The zero-order chi connectivity index (χ0) is 24.0. The van der Waals surface area contributed by atoms with Crippen LogP contribution in [-0.2, 0) is 16.6 Å². The molecule has 0 bridgehead atoms. The van der Waals surface area contributed by atoms with E-state index in [2.05, 4.69) is 20.5 Å².